The SMILES string of the molecule is CCOc1cccc([C@H]2C(C#N)=C(N)Oc3cc(C)oc(=O)c32)c1OC(F)F. The highest BCUT2D eigenvalue weighted by molar-refractivity contribution is 5.60. The molecule has 0 amide bonds. The second kappa shape index (κ2) is 7.60. The van der Waals surface area contributed by atoms with Crippen LogP contribution in [0, 0.1) is 18.3 Å². The van der Waals surface area contributed by atoms with Crippen LogP contribution in [0.3, 0.4) is 0 Å². The third kappa shape index (κ3) is 3.36. The zero-order chi connectivity index (χ0) is 20.4. The lowest BCUT2D eigenvalue weighted by molar-refractivity contribution is -0.0521. The van der Waals surface area contributed by atoms with Crippen LogP contribution in [0.15, 0.2) is 44.9 Å². The van der Waals surface area contributed by atoms with Gasteiger partial charge in [0.25, 0.3) is 0 Å². The van der Waals surface area contributed by atoms with Crippen LogP contribution in [0.1, 0.15) is 29.7 Å². The predicted molar refractivity (Wildman–Crippen MR) is 93.3 cm³/mol. The monoisotopic (exact) mass is 390 g/mol. The van der Waals surface area contributed by atoms with E-state index in [1.807, 2.05) is 6.07 Å². The molecule has 0 fully saturated rings. The number of nitrogens with zero attached hydrogens (tertiary/aromatic N) is 1. The van der Waals surface area contributed by atoms with Crippen molar-refractivity contribution in [3.05, 3.63) is 63.0 Å². The van der Waals surface area contributed by atoms with Gasteiger partial charge in [-0.2, -0.15) is 14.0 Å². The Morgan fingerprint density at radius 1 is 1.39 bits per heavy atom. The van der Waals surface area contributed by atoms with Crippen molar-refractivity contribution in [1.29, 1.82) is 5.26 Å². The molecule has 9 heteroatoms. The van der Waals surface area contributed by atoms with Crippen molar-refractivity contribution in [2.24, 2.45) is 5.73 Å². The largest absolute Gasteiger partial charge is 0.490 e. The third-order valence-electron chi connectivity index (χ3n) is 4.08. The maximum atomic E-state index is 13.1. The van der Waals surface area contributed by atoms with Crippen LogP contribution in [0.2, 0.25) is 0 Å². The van der Waals surface area contributed by atoms with E-state index in [4.69, 9.17) is 19.6 Å². The summed E-state index contributed by atoms with van der Waals surface area (Å²) in [7, 11) is 0. The number of rotatable bonds is 5. The van der Waals surface area contributed by atoms with Crippen molar-refractivity contribution in [1.82, 2.24) is 0 Å². The van der Waals surface area contributed by atoms with Crippen molar-refractivity contribution in [3.8, 4) is 23.3 Å². The van der Waals surface area contributed by atoms with E-state index >= 15 is 0 Å². The van der Waals surface area contributed by atoms with Crippen LogP contribution in [-0.2, 0) is 0 Å². The fourth-order valence-electron chi connectivity index (χ4n) is 3.07. The molecule has 1 aliphatic heterocycles. The Morgan fingerprint density at radius 3 is 2.79 bits per heavy atom. The number of hydrogen-bond acceptors (Lipinski definition) is 7. The number of hydrogen-bond donors (Lipinski definition) is 1. The summed E-state index contributed by atoms with van der Waals surface area (Å²) < 4.78 is 46.8. The Morgan fingerprint density at radius 2 is 2.14 bits per heavy atom. The molecule has 7 nitrogen and oxygen atoms in total. The highest BCUT2D eigenvalue weighted by atomic mass is 19.3. The van der Waals surface area contributed by atoms with Crippen LogP contribution in [0.4, 0.5) is 8.78 Å². The summed E-state index contributed by atoms with van der Waals surface area (Å²) in [6, 6.07) is 7.75. The average molecular weight is 390 g/mol. The van der Waals surface area contributed by atoms with E-state index in [1.165, 1.54) is 24.3 Å². The number of nitrogens with two attached hydrogens (primary N) is 1. The molecule has 2 N–H and O–H groups in total. The Balaban J connectivity index is 2.33. The molecule has 146 valence electrons. The Bertz CT molecular complexity index is 1040. The number of para-hydroxylation sites is 1. The molecule has 1 atom stereocenters. The van der Waals surface area contributed by atoms with Crippen molar-refractivity contribution in [2.45, 2.75) is 26.4 Å². The van der Waals surface area contributed by atoms with E-state index < -0.39 is 18.2 Å². The van der Waals surface area contributed by atoms with Crippen LogP contribution < -0.4 is 25.6 Å². The van der Waals surface area contributed by atoms with E-state index in [0.717, 1.165) is 0 Å². The summed E-state index contributed by atoms with van der Waals surface area (Å²) in [6.45, 7) is 0.262. The van der Waals surface area contributed by atoms with Crippen LogP contribution in [0.5, 0.6) is 17.2 Å². The van der Waals surface area contributed by atoms with Gasteiger partial charge < -0.3 is 24.4 Å². The van der Waals surface area contributed by atoms with Gasteiger partial charge in [-0.05, 0) is 19.9 Å². The maximum absolute atomic E-state index is 13.1. The molecule has 1 aromatic heterocycles. The van der Waals surface area contributed by atoms with Gasteiger partial charge in [-0.25, -0.2) is 4.79 Å². The lowest BCUT2D eigenvalue weighted by Gasteiger charge is -2.27. The van der Waals surface area contributed by atoms with Gasteiger partial charge in [0.15, 0.2) is 11.5 Å². The summed E-state index contributed by atoms with van der Waals surface area (Å²) in [5.41, 5.74) is 5.03. The van der Waals surface area contributed by atoms with E-state index in [0.29, 0.717) is 0 Å². The Hall–Kier alpha value is -3.54. The molecule has 1 aromatic carbocycles. The third-order valence-corrected chi connectivity index (χ3v) is 4.08. The molecule has 1 aliphatic rings. The highest BCUT2D eigenvalue weighted by Crippen LogP contribution is 2.46. The van der Waals surface area contributed by atoms with Gasteiger partial charge >= 0.3 is 12.2 Å². The molecule has 3 rings (SSSR count). The molecule has 0 aliphatic carbocycles. The molecule has 2 heterocycles. The van der Waals surface area contributed by atoms with Gasteiger partial charge in [0, 0.05) is 11.6 Å². The maximum Gasteiger partial charge on any atom is 0.387 e. The van der Waals surface area contributed by atoms with E-state index in [9.17, 15) is 18.8 Å². The fourth-order valence-corrected chi connectivity index (χ4v) is 3.07. The number of halogens is 2. The fraction of sp³-hybridized carbons (Fsp3) is 0.263. The van der Waals surface area contributed by atoms with Gasteiger partial charge in [-0.3, -0.25) is 0 Å². The van der Waals surface area contributed by atoms with E-state index in [-0.39, 0.29) is 52.2 Å². The predicted octanol–water partition coefficient (Wildman–Crippen LogP) is 3.17. The number of alkyl halides is 2. The lowest BCUT2D eigenvalue weighted by atomic mass is 9.83. The van der Waals surface area contributed by atoms with Crippen LogP contribution in [-0.4, -0.2) is 13.2 Å². The van der Waals surface area contributed by atoms with Crippen molar-refractivity contribution < 1.29 is 27.4 Å². The first-order chi connectivity index (χ1) is 13.4. The van der Waals surface area contributed by atoms with Crippen molar-refractivity contribution >= 4 is 0 Å². The van der Waals surface area contributed by atoms with E-state index in [2.05, 4.69) is 4.74 Å². The van der Waals surface area contributed by atoms with Crippen molar-refractivity contribution in [3.63, 3.8) is 0 Å². The van der Waals surface area contributed by atoms with Crippen molar-refractivity contribution in [2.75, 3.05) is 6.61 Å². The first-order valence-corrected chi connectivity index (χ1v) is 8.30. The lowest BCUT2D eigenvalue weighted by Crippen LogP contribution is -2.27. The Labute approximate surface area is 158 Å². The topological polar surface area (TPSA) is 108 Å². The number of aryl methyl sites for hydroxylation is 1. The highest BCUT2D eigenvalue weighted by Gasteiger charge is 2.37. The van der Waals surface area contributed by atoms with Gasteiger partial charge in [-0.15, -0.1) is 0 Å². The summed E-state index contributed by atoms with van der Waals surface area (Å²) in [6.07, 6.45) is 0. The number of ether oxygens (including phenoxy) is 3. The number of allylic oxidation sites excluding steroid dienone is 1. The second-order valence-corrected chi connectivity index (χ2v) is 5.83. The molecule has 0 saturated heterocycles. The Kier molecular flexibility index (Phi) is 5.22. The summed E-state index contributed by atoms with van der Waals surface area (Å²) in [5, 5.41) is 9.59. The minimum Gasteiger partial charge on any atom is -0.490 e. The van der Waals surface area contributed by atoms with Crippen LogP contribution >= 0.6 is 0 Å². The van der Waals surface area contributed by atoms with Gasteiger partial charge in [0.2, 0.25) is 5.88 Å². The zero-order valence-corrected chi connectivity index (χ0v) is 15.0. The molecule has 2 aromatic rings. The molecular formula is C19H16F2N2O5. The van der Waals surface area contributed by atoms with E-state index in [1.54, 1.807) is 13.8 Å². The first kappa shape index (κ1) is 19.2. The molecule has 28 heavy (non-hydrogen) atoms. The summed E-state index contributed by atoms with van der Waals surface area (Å²) in [4.78, 5) is 12.5. The van der Waals surface area contributed by atoms with Gasteiger partial charge in [-0.1, -0.05) is 12.1 Å². The summed E-state index contributed by atoms with van der Waals surface area (Å²) >= 11 is 0. The first-order valence-electron chi connectivity index (χ1n) is 8.30. The van der Waals surface area contributed by atoms with Crippen LogP contribution in [0.25, 0.3) is 0 Å². The number of fused-ring (bicyclic) bond motifs is 1. The number of benzene rings is 1. The molecule has 0 radical (unpaired) electrons. The van der Waals surface area contributed by atoms with Gasteiger partial charge in [0.05, 0.1) is 18.1 Å². The smallest absolute Gasteiger partial charge is 0.387 e. The second-order valence-electron chi connectivity index (χ2n) is 5.83. The quantitative estimate of drug-likeness (QED) is 0.835. The molecule has 0 bridgehead atoms. The minimum atomic E-state index is -3.15. The average Bonchev–Trinajstić information content (AvgIpc) is 2.61. The molecule has 0 unspecified atom stereocenters. The van der Waals surface area contributed by atoms with Gasteiger partial charge in [0.1, 0.15) is 23.2 Å². The standard InChI is InChI=1S/C19H16F2N2O5/c1-3-25-12-6-4-5-10(16(12)28-19(20)21)14-11(8-22)17(23)27-13-7-9(2)26-18(24)15(13)14/h4-7,14,19H,3,23H2,1-2H3/t14-/m0/s1. The minimum absolute atomic E-state index is 0.0379. The summed E-state index contributed by atoms with van der Waals surface area (Å²) in [5.74, 6) is -1.27. The normalized spacial score (nSPS) is 15.6. The molecule has 0 saturated carbocycles. The number of nitriles is 1. The molecule has 0 spiro atoms. The zero-order valence-electron chi connectivity index (χ0n) is 15.0. The molecular weight excluding hydrogens is 374 g/mol.